The van der Waals surface area contributed by atoms with E-state index >= 15 is 0 Å². The molecular formula is C13H14ClNO4. The summed E-state index contributed by atoms with van der Waals surface area (Å²) in [5.74, 6) is 0.0669. The molecule has 1 aliphatic rings. The summed E-state index contributed by atoms with van der Waals surface area (Å²) in [6.45, 7) is 2.30. The molecule has 0 fully saturated rings. The van der Waals surface area contributed by atoms with Crippen molar-refractivity contribution in [2.45, 2.75) is 13.3 Å². The Hall–Kier alpha value is -1.75. The highest BCUT2D eigenvalue weighted by atomic mass is 35.5. The number of fused-ring (bicyclic) bond motifs is 1. The number of rotatable bonds is 4. The van der Waals surface area contributed by atoms with Gasteiger partial charge in [-0.1, -0.05) is 11.6 Å². The highest BCUT2D eigenvalue weighted by Crippen LogP contribution is 2.34. The number of hydrogen-bond acceptors (Lipinski definition) is 4. The zero-order chi connectivity index (χ0) is 13.8. The van der Waals surface area contributed by atoms with Gasteiger partial charge < -0.3 is 14.4 Å². The zero-order valence-electron chi connectivity index (χ0n) is 10.5. The van der Waals surface area contributed by atoms with Gasteiger partial charge in [0.05, 0.1) is 18.7 Å². The minimum atomic E-state index is -0.328. The van der Waals surface area contributed by atoms with E-state index in [0.29, 0.717) is 23.1 Å². The highest BCUT2D eigenvalue weighted by Gasteiger charge is 2.26. The van der Waals surface area contributed by atoms with Crippen molar-refractivity contribution in [3.05, 3.63) is 23.2 Å². The van der Waals surface area contributed by atoms with Crippen molar-refractivity contribution in [2.24, 2.45) is 0 Å². The van der Waals surface area contributed by atoms with Crippen molar-refractivity contribution >= 4 is 29.2 Å². The van der Waals surface area contributed by atoms with Gasteiger partial charge in [-0.15, -0.1) is 0 Å². The lowest BCUT2D eigenvalue weighted by molar-refractivity contribution is -0.142. The summed E-state index contributed by atoms with van der Waals surface area (Å²) in [4.78, 5) is 24.7. The van der Waals surface area contributed by atoms with Crippen LogP contribution in [-0.2, 0) is 14.3 Å². The Morgan fingerprint density at radius 3 is 3.05 bits per heavy atom. The van der Waals surface area contributed by atoms with Crippen molar-refractivity contribution in [3.63, 3.8) is 0 Å². The molecule has 0 saturated carbocycles. The largest absolute Gasteiger partial charge is 0.482 e. The molecule has 0 saturated heterocycles. The molecule has 1 amide bonds. The van der Waals surface area contributed by atoms with Crippen LogP contribution in [0.5, 0.6) is 5.75 Å². The van der Waals surface area contributed by atoms with Gasteiger partial charge >= 0.3 is 5.97 Å². The first kappa shape index (κ1) is 13.7. The quantitative estimate of drug-likeness (QED) is 0.793. The smallest absolute Gasteiger partial charge is 0.307 e. The van der Waals surface area contributed by atoms with Gasteiger partial charge in [0.15, 0.2) is 6.61 Å². The van der Waals surface area contributed by atoms with Crippen LogP contribution in [0.1, 0.15) is 13.3 Å². The molecule has 0 unspecified atom stereocenters. The van der Waals surface area contributed by atoms with Crippen LogP contribution >= 0.6 is 11.6 Å². The molecule has 19 heavy (non-hydrogen) atoms. The van der Waals surface area contributed by atoms with Gasteiger partial charge in [-0.2, -0.15) is 0 Å². The van der Waals surface area contributed by atoms with Gasteiger partial charge in [0.1, 0.15) is 5.75 Å². The topological polar surface area (TPSA) is 55.8 Å². The Morgan fingerprint density at radius 2 is 2.32 bits per heavy atom. The normalized spacial score (nSPS) is 13.8. The lowest BCUT2D eigenvalue weighted by Crippen LogP contribution is -2.40. The molecule has 1 aromatic rings. The average molecular weight is 284 g/mol. The van der Waals surface area contributed by atoms with E-state index in [-0.39, 0.29) is 31.4 Å². The van der Waals surface area contributed by atoms with Gasteiger partial charge in [-0.05, 0) is 25.1 Å². The van der Waals surface area contributed by atoms with Crippen LogP contribution in [0, 0.1) is 0 Å². The number of halogens is 1. The molecule has 0 N–H and O–H groups in total. The van der Waals surface area contributed by atoms with Crippen molar-refractivity contribution < 1.29 is 19.1 Å². The summed E-state index contributed by atoms with van der Waals surface area (Å²) in [5.41, 5.74) is 0.591. The molecule has 0 bridgehead atoms. The predicted molar refractivity (Wildman–Crippen MR) is 70.6 cm³/mol. The molecule has 0 spiro atoms. The lowest BCUT2D eigenvalue weighted by Gasteiger charge is -2.29. The number of esters is 1. The summed E-state index contributed by atoms with van der Waals surface area (Å²) in [6, 6.07) is 5.06. The number of amides is 1. The Balaban J connectivity index is 2.14. The van der Waals surface area contributed by atoms with Crippen LogP contribution in [0.4, 0.5) is 5.69 Å². The molecule has 0 aromatic heterocycles. The molecule has 102 valence electrons. The Kier molecular flexibility index (Phi) is 4.27. The highest BCUT2D eigenvalue weighted by molar-refractivity contribution is 6.31. The van der Waals surface area contributed by atoms with E-state index < -0.39 is 0 Å². The van der Waals surface area contributed by atoms with E-state index in [1.807, 2.05) is 0 Å². The van der Waals surface area contributed by atoms with E-state index in [1.54, 1.807) is 25.1 Å². The zero-order valence-corrected chi connectivity index (χ0v) is 11.3. The third-order valence-corrected chi connectivity index (χ3v) is 2.94. The van der Waals surface area contributed by atoms with Crippen LogP contribution in [0.25, 0.3) is 0 Å². The lowest BCUT2D eigenvalue weighted by atomic mass is 10.2. The van der Waals surface area contributed by atoms with E-state index in [4.69, 9.17) is 21.1 Å². The van der Waals surface area contributed by atoms with E-state index in [0.717, 1.165) is 0 Å². The minimum absolute atomic E-state index is 0.0303. The van der Waals surface area contributed by atoms with Crippen molar-refractivity contribution in [2.75, 3.05) is 24.7 Å². The van der Waals surface area contributed by atoms with Gasteiger partial charge in [-0.25, -0.2) is 0 Å². The fourth-order valence-corrected chi connectivity index (χ4v) is 2.02. The molecule has 0 radical (unpaired) electrons. The molecule has 1 aromatic carbocycles. The van der Waals surface area contributed by atoms with Crippen LogP contribution in [0.3, 0.4) is 0 Å². The Morgan fingerprint density at radius 1 is 1.53 bits per heavy atom. The van der Waals surface area contributed by atoms with Gasteiger partial charge in [0.2, 0.25) is 0 Å². The number of anilines is 1. The van der Waals surface area contributed by atoms with Crippen LogP contribution in [0.2, 0.25) is 5.02 Å². The number of ether oxygens (including phenoxy) is 2. The maximum Gasteiger partial charge on any atom is 0.307 e. The second-order valence-electron chi connectivity index (χ2n) is 4.00. The number of carbonyl (C=O) groups excluding carboxylic acids is 2. The third kappa shape index (κ3) is 3.17. The summed E-state index contributed by atoms with van der Waals surface area (Å²) in [5, 5.41) is 0.512. The molecule has 6 heteroatoms. The fourth-order valence-electron chi connectivity index (χ4n) is 1.86. The van der Waals surface area contributed by atoms with E-state index in [2.05, 4.69) is 0 Å². The second kappa shape index (κ2) is 5.93. The van der Waals surface area contributed by atoms with Crippen LogP contribution < -0.4 is 9.64 Å². The molecule has 0 atom stereocenters. The van der Waals surface area contributed by atoms with E-state index in [1.165, 1.54) is 4.90 Å². The van der Waals surface area contributed by atoms with Crippen molar-refractivity contribution in [1.82, 2.24) is 0 Å². The molecule has 1 aliphatic heterocycles. The Labute approximate surface area is 116 Å². The summed E-state index contributed by atoms with van der Waals surface area (Å²) in [6.07, 6.45) is 0.144. The third-order valence-electron chi connectivity index (χ3n) is 2.71. The maximum atomic E-state index is 11.8. The first-order chi connectivity index (χ1) is 9.11. The first-order valence-corrected chi connectivity index (χ1v) is 6.38. The van der Waals surface area contributed by atoms with Gasteiger partial charge in [0.25, 0.3) is 5.91 Å². The fraction of sp³-hybridized carbons (Fsp3) is 0.385. The summed E-state index contributed by atoms with van der Waals surface area (Å²) >= 11 is 5.92. The van der Waals surface area contributed by atoms with Crippen LogP contribution in [0.15, 0.2) is 18.2 Å². The summed E-state index contributed by atoms with van der Waals surface area (Å²) < 4.78 is 10.2. The molecule has 5 nitrogen and oxygen atoms in total. The Bertz CT molecular complexity index is 503. The minimum Gasteiger partial charge on any atom is -0.482 e. The first-order valence-electron chi connectivity index (χ1n) is 6.00. The standard InChI is InChI=1S/C13H14ClNO4/c1-2-18-13(17)5-6-15-10-7-9(14)3-4-11(10)19-8-12(15)16/h3-4,7H,2,5-6,8H2,1H3. The molecule has 1 heterocycles. The summed E-state index contributed by atoms with van der Waals surface area (Å²) in [7, 11) is 0. The average Bonchev–Trinajstić information content (AvgIpc) is 2.38. The monoisotopic (exact) mass is 283 g/mol. The van der Waals surface area contributed by atoms with Crippen molar-refractivity contribution in [1.29, 1.82) is 0 Å². The van der Waals surface area contributed by atoms with E-state index in [9.17, 15) is 9.59 Å². The van der Waals surface area contributed by atoms with Gasteiger partial charge in [0, 0.05) is 11.6 Å². The molecule has 2 rings (SSSR count). The number of nitrogens with zero attached hydrogens (tertiary/aromatic N) is 1. The number of carbonyl (C=O) groups is 2. The molecular weight excluding hydrogens is 270 g/mol. The predicted octanol–water partition coefficient (Wildman–Crippen LogP) is 2.02. The van der Waals surface area contributed by atoms with Crippen molar-refractivity contribution in [3.8, 4) is 5.75 Å². The maximum absolute atomic E-state index is 11.8. The van der Waals surface area contributed by atoms with Gasteiger partial charge in [-0.3, -0.25) is 9.59 Å². The van der Waals surface area contributed by atoms with Crippen LogP contribution in [-0.4, -0.2) is 31.6 Å². The second-order valence-corrected chi connectivity index (χ2v) is 4.44. The SMILES string of the molecule is CCOC(=O)CCN1C(=O)COc2ccc(Cl)cc21. The number of benzene rings is 1. The number of hydrogen-bond donors (Lipinski definition) is 0. The molecule has 0 aliphatic carbocycles.